The minimum Gasteiger partial charge on any atom is -0.352 e. The van der Waals surface area contributed by atoms with Crippen LogP contribution in [0.1, 0.15) is 12.0 Å². The molecule has 1 aliphatic heterocycles. The van der Waals surface area contributed by atoms with Crippen LogP contribution in [-0.4, -0.2) is 23.3 Å². The van der Waals surface area contributed by atoms with Crippen LogP contribution in [0.5, 0.6) is 0 Å². The summed E-state index contributed by atoms with van der Waals surface area (Å²) in [7, 11) is 0. The SMILES string of the molecule is O=C(NCc1ccnc(-c2cccs2)c1)C1CC(=O)N(c2ccccc2)C1. The molecule has 5 nitrogen and oxygen atoms in total. The molecule has 0 spiro atoms. The molecule has 0 bridgehead atoms. The number of carbonyl (C=O) groups excluding carboxylic acids is 2. The molecule has 0 saturated carbocycles. The summed E-state index contributed by atoms with van der Waals surface area (Å²) in [6.07, 6.45) is 2.00. The van der Waals surface area contributed by atoms with E-state index in [1.807, 2.05) is 60.0 Å². The Bertz CT molecular complexity index is 941. The average Bonchev–Trinajstić information content (AvgIpc) is 3.37. The molecular formula is C21H19N3O2S. The van der Waals surface area contributed by atoms with E-state index in [2.05, 4.69) is 10.3 Å². The summed E-state index contributed by atoms with van der Waals surface area (Å²) in [6, 6.07) is 17.4. The molecule has 27 heavy (non-hydrogen) atoms. The number of amides is 2. The maximum atomic E-state index is 12.6. The fraction of sp³-hybridized carbons (Fsp3) is 0.190. The molecule has 1 unspecified atom stereocenters. The Balaban J connectivity index is 1.38. The molecule has 1 aliphatic rings. The van der Waals surface area contributed by atoms with Crippen LogP contribution in [0, 0.1) is 5.92 Å². The molecule has 3 heterocycles. The summed E-state index contributed by atoms with van der Waals surface area (Å²) in [5.74, 6) is -0.419. The predicted octanol–water partition coefficient (Wildman–Crippen LogP) is 3.48. The van der Waals surface area contributed by atoms with Crippen molar-refractivity contribution < 1.29 is 9.59 Å². The van der Waals surface area contributed by atoms with E-state index >= 15 is 0 Å². The van der Waals surface area contributed by atoms with E-state index in [9.17, 15) is 9.59 Å². The lowest BCUT2D eigenvalue weighted by Crippen LogP contribution is -2.32. The molecule has 1 saturated heterocycles. The highest BCUT2D eigenvalue weighted by molar-refractivity contribution is 7.13. The van der Waals surface area contributed by atoms with Crippen LogP contribution in [0.3, 0.4) is 0 Å². The van der Waals surface area contributed by atoms with Gasteiger partial charge in [0.2, 0.25) is 11.8 Å². The van der Waals surface area contributed by atoms with Gasteiger partial charge in [0.05, 0.1) is 16.5 Å². The molecule has 1 aromatic carbocycles. The van der Waals surface area contributed by atoms with Gasteiger partial charge in [-0.3, -0.25) is 14.6 Å². The van der Waals surface area contributed by atoms with Gasteiger partial charge in [-0.25, -0.2) is 0 Å². The topological polar surface area (TPSA) is 62.3 Å². The highest BCUT2D eigenvalue weighted by Crippen LogP contribution is 2.25. The number of pyridine rings is 1. The number of thiophene rings is 1. The van der Waals surface area contributed by atoms with Crippen molar-refractivity contribution in [2.24, 2.45) is 5.92 Å². The molecule has 1 atom stereocenters. The van der Waals surface area contributed by atoms with Crippen LogP contribution in [-0.2, 0) is 16.1 Å². The smallest absolute Gasteiger partial charge is 0.227 e. The first-order chi connectivity index (χ1) is 13.2. The molecule has 3 aromatic rings. The van der Waals surface area contributed by atoms with Gasteiger partial charge in [0, 0.05) is 31.4 Å². The van der Waals surface area contributed by atoms with Crippen LogP contribution < -0.4 is 10.2 Å². The normalized spacial score (nSPS) is 16.5. The van der Waals surface area contributed by atoms with Gasteiger partial charge in [-0.05, 0) is 41.3 Å². The fourth-order valence-corrected chi connectivity index (χ4v) is 3.91. The van der Waals surface area contributed by atoms with Crippen molar-refractivity contribution in [1.29, 1.82) is 0 Å². The van der Waals surface area contributed by atoms with Crippen LogP contribution in [0.4, 0.5) is 5.69 Å². The first-order valence-corrected chi connectivity index (χ1v) is 9.70. The van der Waals surface area contributed by atoms with E-state index in [1.54, 1.807) is 22.4 Å². The van der Waals surface area contributed by atoms with Crippen molar-refractivity contribution in [1.82, 2.24) is 10.3 Å². The van der Waals surface area contributed by atoms with Gasteiger partial charge in [0.25, 0.3) is 0 Å². The summed E-state index contributed by atoms with van der Waals surface area (Å²) >= 11 is 1.64. The summed E-state index contributed by atoms with van der Waals surface area (Å²) in [4.78, 5) is 32.0. The van der Waals surface area contributed by atoms with E-state index in [4.69, 9.17) is 0 Å². The molecule has 6 heteroatoms. The number of benzene rings is 1. The Morgan fingerprint density at radius 3 is 2.81 bits per heavy atom. The third-order valence-electron chi connectivity index (χ3n) is 4.63. The van der Waals surface area contributed by atoms with Crippen molar-refractivity contribution in [2.75, 3.05) is 11.4 Å². The number of carbonyl (C=O) groups is 2. The maximum absolute atomic E-state index is 12.6. The average molecular weight is 377 g/mol. The zero-order chi connectivity index (χ0) is 18.6. The Hall–Kier alpha value is -2.99. The van der Waals surface area contributed by atoms with E-state index in [1.165, 1.54) is 0 Å². The molecule has 0 radical (unpaired) electrons. The highest BCUT2D eigenvalue weighted by Gasteiger charge is 2.34. The first kappa shape index (κ1) is 17.4. The molecular weight excluding hydrogens is 358 g/mol. The summed E-state index contributed by atoms with van der Waals surface area (Å²) in [5.41, 5.74) is 2.74. The number of rotatable bonds is 5. The van der Waals surface area contributed by atoms with E-state index in [-0.39, 0.29) is 24.2 Å². The van der Waals surface area contributed by atoms with Gasteiger partial charge in [0.1, 0.15) is 0 Å². The standard InChI is InChI=1S/C21H19N3O2S/c25-20-12-16(14-24(20)17-5-2-1-3-6-17)21(26)23-13-15-8-9-22-18(11-15)19-7-4-10-27-19/h1-11,16H,12-14H2,(H,23,26). The van der Waals surface area contributed by atoms with Crippen LogP contribution >= 0.6 is 11.3 Å². The Morgan fingerprint density at radius 1 is 1.19 bits per heavy atom. The maximum Gasteiger partial charge on any atom is 0.227 e. The zero-order valence-electron chi connectivity index (χ0n) is 14.7. The largest absolute Gasteiger partial charge is 0.352 e. The number of aromatic nitrogens is 1. The second-order valence-electron chi connectivity index (χ2n) is 6.49. The van der Waals surface area contributed by atoms with Gasteiger partial charge in [-0.2, -0.15) is 0 Å². The molecule has 1 N–H and O–H groups in total. The Labute approximate surface area is 161 Å². The predicted molar refractivity (Wildman–Crippen MR) is 106 cm³/mol. The van der Waals surface area contributed by atoms with Gasteiger partial charge in [-0.1, -0.05) is 24.3 Å². The second kappa shape index (κ2) is 7.72. The highest BCUT2D eigenvalue weighted by atomic mass is 32.1. The summed E-state index contributed by atoms with van der Waals surface area (Å²) < 4.78 is 0. The minimum atomic E-state index is -0.323. The first-order valence-electron chi connectivity index (χ1n) is 8.82. The van der Waals surface area contributed by atoms with Crippen LogP contribution in [0.25, 0.3) is 10.6 Å². The number of hydrogen-bond acceptors (Lipinski definition) is 4. The number of anilines is 1. The Kier molecular flexibility index (Phi) is 4.98. The van der Waals surface area contributed by atoms with Crippen molar-refractivity contribution in [3.63, 3.8) is 0 Å². The van der Waals surface area contributed by atoms with Crippen molar-refractivity contribution in [3.05, 3.63) is 71.7 Å². The third kappa shape index (κ3) is 3.90. The number of hydrogen-bond donors (Lipinski definition) is 1. The quantitative estimate of drug-likeness (QED) is 0.740. The van der Waals surface area contributed by atoms with Gasteiger partial charge >= 0.3 is 0 Å². The molecule has 136 valence electrons. The number of nitrogens with zero attached hydrogens (tertiary/aromatic N) is 2. The molecule has 0 aliphatic carbocycles. The number of nitrogens with one attached hydrogen (secondary N) is 1. The lowest BCUT2D eigenvalue weighted by atomic mass is 10.1. The lowest BCUT2D eigenvalue weighted by Gasteiger charge is -2.16. The number of para-hydroxylation sites is 1. The zero-order valence-corrected chi connectivity index (χ0v) is 15.5. The summed E-state index contributed by atoms with van der Waals surface area (Å²) in [6.45, 7) is 0.848. The molecule has 4 rings (SSSR count). The third-order valence-corrected chi connectivity index (χ3v) is 5.52. The molecule has 1 fully saturated rings. The van der Waals surface area contributed by atoms with Crippen molar-refractivity contribution in [3.8, 4) is 10.6 Å². The Morgan fingerprint density at radius 2 is 2.04 bits per heavy atom. The minimum absolute atomic E-state index is 0.00903. The van der Waals surface area contributed by atoms with Gasteiger partial charge in [0.15, 0.2) is 0 Å². The van der Waals surface area contributed by atoms with Gasteiger partial charge in [-0.15, -0.1) is 11.3 Å². The molecule has 2 amide bonds. The van der Waals surface area contributed by atoms with Crippen LogP contribution in [0.15, 0.2) is 66.2 Å². The van der Waals surface area contributed by atoms with Crippen molar-refractivity contribution >= 4 is 28.8 Å². The van der Waals surface area contributed by atoms with E-state index in [0.29, 0.717) is 13.1 Å². The van der Waals surface area contributed by atoms with E-state index < -0.39 is 0 Å². The monoisotopic (exact) mass is 377 g/mol. The lowest BCUT2D eigenvalue weighted by molar-refractivity contribution is -0.126. The van der Waals surface area contributed by atoms with Gasteiger partial charge < -0.3 is 10.2 Å². The van der Waals surface area contributed by atoms with Crippen LogP contribution in [0.2, 0.25) is 0 Å². The van der Waals surface area contributed by atoms with Crippen molar-refractivity contribution in [2.45, 2.75) is 13.0 Å². The fourth-order valence-electron chi connectivity index (χ4n) is 3.22. The second-order valence-corrected chi connectivity index (χ2v) is 7.43. The van der Waals surface area contributed by atoms with E-state index in [0.717, 1.165) is 21.8 Å². The summed E-state index contributed by atoms with van der Waals surface area (Å²) in [5, 5.41) is 4.98. The molecule has 2 aromatic heterocycles.